The van der Waals surface area contributed by atoms with Gasteiger partial charge in [0.15, 0.2) is 23.3 Å². The molecule has 0 spiro atoms. The van der Waals surface area contributed by atoms with E-state index in [0.717, 1.165) is 0 Å². The molecule has 1 aromatic rings. The van der Waals surface area contributed by atoms with Gasteiger partial charge in [0.25, 0.3) is 10.5 Å². The van der Waals surface area contributed by atoms with Gasteiger partial charge in [-0.2, -0.15) is 0 Å². The maximum absolute atomic E-state index is 13.2. The van der Waals surface area contributed by atoms with E-state index >= 15 is 0 Å². The fourth-order valence-electron chi connectivity index (χ4n) is 0.979. The van der Waals surface area contributed by atoms with Crippen LogP contribution in [0.3, 0.4) is 0 Å². The highest BCUT2D eigenvalue weighted by atomic mass is 35.5. The summed E-state index contributed by atoms with van der Waals surface area (Å²) < 4.78 is 51.8. The molecule has 0 radical (unpaired) electrons. The van der Waals surface area contributed by atoms with Gasteiger partial charge in [0.1, 0.15) is 11.1 Å². The topological polar surface area (TPSA) is 34.1 Å². The second-order valence-electron chi connectivity index (χ2n) is 2.55. The first-order valence-electron chi connectivity index (χ1n) is 3.54. The van der Waals surface area contributed by atoms with Gasteiger partial charge in [-0.3, -0.25) is 9.59 Å². The van der Waals surface area contributed by atoms with Crippen molar-refractivity contribution in [3.05, 3.63) is 34.4 Å². The molecule has 0 aliphatic rings. The Morgan fingerprint density at radius 1 is 0.688 bits per heavy atom. The van der Waals surface area contributed by atoms with Gasteiger partial charge >= 0.3 is 0 Å². The van der Waals surface area contributed by atoms with Crippen LogP contribution >= 0.6 is 23.2 Å². The van der Waals surface area contributed by atoms with Gasteiger partial charge in [0.2, 0.25) is 0 Å². The van der Waals surface area contributed by atoms with Crippen LogP contribution in [-0.4, -0.2) is 10.5 Å². The number of benzene rings is 1. The average Bonchev–Trinajstić information content (AvgIpc) is 2.13. The first-order valence-corrected chi connectivity index (χ1v) is 4.30. The van der Waals surface area contributed by atoms with Crippen molar-refractivity contribution >= 4 is 33.7 Å². The number of hydrogen-bond donors (Lipinski definition) is 0. The van der Waals surface area contributed by atoms with Crippen LogP contribution in [0.5, 0.6) is 0 Å². The molecule has 0 aromatic heterocycles. The van der Waals surface area contributed by atoms with E-state index in [0.29, 0.717) is 0 Å². The second-order valence-corrected chi connectivity index (χ2v) is 3.24. The van der Waals surface area contributed by atoms with Crippen molar-refractivity contribution in [2.24, 2.45) is 0 Å². The van der Waals surface area contributed by atoms with Crippen LogP contribution in [0, 0.1) is 23.3 Å². The van der Waals surface area contributed by atoms with Crippen molar-refractivity contribution < 1.29 is 27.2 Å². The molecule has 0 heterocycles. The molecule has 86 valence electrons. The fourth-order valence-corrected chi connectivity index (χ4v) is 1.31. The van der Waals surface area contributed by atoms with Gasteiger partial charge in [-0.05, 0) is 23.2 Å². The fraction of sp³-hybridized carbons (Fsp3) is 0. The Bertz CT molecular complexity index is 460. The van der Waals surface area contributed by atoms with Crippen molar-refractivity contribution in [1.82, 2.24) is 0 Å². The quantitative estimate of drug-likeness (QED) is 0.360. The lowest BCUT2D eigenvalue weighted by molar-refractivity contribution is 0.106. The molecular formula is C8Cl2F4O2. The molecule has 0 bridgehead atoms. The molecule has 0 unspecified atom stereocenters. The van der Waals surface area contributed by atoms with Crippen molar-refractivity contribution in [1.29, 1.82) is 0 Å². The van der Waals surface area contributed by atoms with Crippen LogP contribution < -0.4 is 0 Å². The van der Waals surface area contributed by atoms with E-state index in [-0.39, 0.29) is 0 Å². The molecule has 1 aromatic carbocycles. The summed E-state index contributed by atoms with van der Waals surface area (Å²) in [6.07, 6.45) is 0. The summed E-state index contributed by atoms with van der Waals surface area (Å²) in [5.74, 6) is -8.36. The lowest BCUT2D eigenvalue weighted by Crippen LogP contribution is -2.12. The SMILES string of the molecule is O=C(Cl)c1c(F)c(F)c(F)c(C(=O)Cl)c1F. The van der Waals surface area contributed by atoms with Gasteiger partial charge in [-0.15, -0.1) is 0 Å². The Kier molecular flexibility index (Phi) is 3.54. The zero-order valence-corrected chi connectivity index (χ0v) is 8.60. The molecular weight excluding hydrogens is 275 g/mol. The smallest absolute Gasteiger partial charge is 0.258 e. The van der Waals surface area contributed by atoms with Crippen molar-refractivity contribution in [2.45, 2.75) is 0 Å². The monoisotopic (exact) mass is 274 g/mol. The lowest BCUT2D eigenvalue weighted by atomic mass is 10.1. The third kappa shape index (κ3) is 1.90. The van der Waals surface area contributed by atoms with E-state index < -0.39 is 44.9 Å². The zero-order chi connectivity index (χ0) is 12.6. The van der Waals surface area contributed by atoms with Crippen molar-refractivity contribution in [3.8, 4) is 0 Å². The van der Waals surface area contributed by atoms with E-state index in [1.807, 2.05) is 0 Å². The van der Waals surface area contributed by atoms with Gasteiger partial charge in [-0.25, -0.2) is 17.6 Å². The predicted molar refractivity (Wildman–Crippen MR) is 46.6 cm³/mol. The predicted octanol–water partition coefficient (Wildman–Crippen LogP) is 3.00. The first-order chi connectivity index (χ1) is 7.29. The maximum Gasteiger partial charge on any atom is 0.258 e. The van der Waals surface area contributed by atoms with Gasteiger partial charge in [0, 0.05) is 0 Å². The molecule has 0 saturated heterocycles. The molecule has 0 amide bonds. The lowest BCUT2D eigenvalue weighted by Gasteiger charge is -2.06. The van der Waals surface area contributed by atoms with Crippen LogP contribution in [0.1, 0.15) is 20.7 Å². The van der Waals surface area contributed by atoms with Crippen LogP contribution in [0.2, 0.25) is 0 Å². The van der Waals surface area contributed by atoms with E-state index in [1.54, 1.807) is 0 Å². The van der Waals surface area contributed by atoms with Gasteiger partial charge < -0.3 is 0 Å². The highest BCUT2D eigenvalue weighted by molar-refractivity contribution is 6.69. The van der Waals surface area contributed by atoms with E-state index in [1.165, 1.54) is 0 Å². The first kappa shape index (κ1) is 12.9. The summed E-state index contributed by atoms with van der Waals surface area (Å²) in [5.41, 5.74) is -3.13. The molecule has 0 N–H and O–H groups in total. The van der Waals surface area contributed by atoms with Crippen molar-refractivity contribution in [2.75, 3.05) is 0 Å². The third-order valence-electron chi connectivity index (χ3n) is 1.66. The molecule has 0 atom stereocenters. The highest BCUT2D eigenvalue weighted by Crippen LogP contribution is 2.26. The number of carbonyl (C=O) groups is 2. The minimum Gasteiger partial charge on any atom is -0.275 e. The zero-order valence-electron chi connectivity index (χ0n) is 7.08. The summed E-state index contributed by atoms with van der Waals surface area (Å²) in [5, 5.41) is -3.43. The summed E-state index contributed by atoms with van der Waals surface area (Å²) in [7, 11) is 0. The van der Waals surface area contributed by atoms with E-state index in [2.05, 4.69) is 0 Å². The van der Waals surface area contributed by atoms with Crippen LogP contribution in [0.15, 0.2) is 0 Å². The molecule has 0 fully saturated rings. The summed E-state index contributed by atoms with van der Waals surface area (Å²) in [6.45, 7) is 0. The third-order valence-corrected chi connectivity index (χ3v) is 2.03. The maximum atomic E-state index is 13.2. The Labute approximate surface area is 95.8 Å². The van der Waals surface area contributed by atoms with Crippen molar-refractivity contribution in [3.63, 3.8) is 0 Å². The molecule has 16 heavy (non-hydrogen) atoms. The number of hydrogen-bond acceptors (Lipinski definition) is 2. The van der Waals surface area contributed by atoms with Crippen LogP contribution in [-0.2, 0) is 0 Å². The normalized spacial score (nSPS) is 10.4. The molecule has 8 heteroatoms. The second kappa shape index (κ2) is 4.39. The number of rotatable bonds is 2. The van der Waals surface area contributed by atoms with Crippen LogP contribution in [0.4, 0.5) is 17.6 Å². The summed E-state index contributed by atoms with van der Waals surface area (Å²) in [6, 6.07) is 0. The molecule has 0 aliphatic carbocycles. The highest BCUT2D eigenvalue weighted by Gasteiger charge is 2.30. The standard InChI is InChI=1S/C8Cl2F4O2/c9-7(15)1-3(11)2(8(10)16)5(13)6(14)4(1)12. The number of halogens is 6. The minimum absolute atomic E-state index is 1.57. The van der Waals surface area contributed by atoms with E-state index in [4.69, 9.17) is 23.2 Å². The summed E-state index contributed by atoms with van der Waals surface area (Å²) in [4.78, 5) is 21.1. The van der Waals surface area contributed by atoms with E-state index in [9.17, 15) is 27.2 Å². The Hall–Kier alpha value is -1.14. The molecule has 0 saturated carbocycles. The Morgan fingerprint density at radius 3 is 1.25 bits per heavy atom. The molecule has 0 aliphatic heterocycles. The molecule has 1 rings (SSSR count). The largest absolute Gasteiger partial charge is 0.275 e. The Morgan fingerprint density at radius 2 is 1.00 bits per heavy atom. The van der Waals surface area contributed by atoms with Gasteiger partial charge in [0.05, 0.1) is 0 Å². The summed E-state index contributed by atoms with van der Waals surface area (Å²) >= 11 is 9.50. The number of carbonyl (C=O) groups excluding carboxylic acids is 2. The average molecular weight is 275 g/mol. The molecule has 2 nitrogen and oxygen atoms in total. The minimum atomic E-state index is -2.20. The van der Waals surface area contributed by atoms with Gasteiger partial charge in [-0.1, -0.05) is 0 Å². The Balaban J connectivity index is 3.80. The van der Waals surface area contributed by atoms with Crippen LogP contribution in [0.25, 0.3) is 0 Å².